The number of hydrogen-bond donors (Lipinski definition) is 1. The Labute approximate surface area is 166 Å². The predicted octanol–water partition coefficient (Wildman–Crippen LogP) is 3.47. The summed E-state index contributed by atoms with van der Waals surface area (Å²) >= 11 is 0. The van der Waals surface area contributed by atoms with E-state index in [9.17, 15) is 23.7 Å². The van der Waals surface area contributed by atoms with Gasteiger partial charge in [-0.1, -0.05) is 30.3 Å². The van der Waals surface area contributed by atoms with Gasteiger partial charge in [0.25, 0.3) is 5.69 Å². The van der Waals surface area contributed by atoms with Crippen molar-refractivity contribution < 1.29 is 23.2 Å². The number of nitrogens with zero attached hydrogens (tertiary/aromatic N) is 3. The van der Waals surface area contributed by atoms with Crippen LogP contribution in [0.15, 0.2) is 42.5 Å². The zero-order valence-electron chi connectivity index (χ0n) is 16.1. The maximum absolute atomic E-state index is 14.2. The van der Waals surface area contributed by atoms with Crippen molar-refractivity contribution in [2.24, 2.45) is 0 Å². The SMILES string of the molecule is CCN(NCCN(C)C(=O)OCc1ccccc1)c1c(F)cc([N+](=O)[O-])cc1F. The number of amides is 1. The van der Waals surface area contributed by atoms with Crippen LogP contribution in [-0.2, 0) is 11.3 Å². The van der Waals surface area contributed by atoms with Crippen LogP contribution in [0.25, 0.3) is 0 Å². The van der Waals surface area contributed by atoms with Gasteiger partial charge in [-0.15, -0.1) is 0 Å². The topological polar surface area (TPSA) is 88.0 Å². The van der Waals surface area contributed by atoms with Gasteiger partial charge in [0.1, 0.15) is 12.3 Å². The van der Waals surface area contributed by atoms with Crippen LogP contribution in [-0.4, -0.2) is 42.6 Å². The fourth-order valence-corrected chi connectivity index (χ4v) is 2.54. The van der Waals surface area contributed by atoms with Gasteiger partial charge in [0.05, 0.1) is 17.1 Å². The molecule has 1 N–H and O–H groups in total. The van der Waals surface area contributed by atoms with E-state index >= 15 is 0 Å². The van der Waals surface area contributed by atoms with Crippen molar-refractivity contribution in [3.8, 4) is 0 Å². The fourth-order valence-electron chi connectivity index (χ4n) is 2.54. The third kappa shape index (κ3) is 6.11. The molecule has 0 fully saturated rings. The number of benzene rings is 2. The second-order valence-corrected chi connectivity index (χ2v) is 6.13. The quantitative estimate of drug-likeness (QED) is 0.505. The molecule has 0 atom stereocenters. The van der Waals surface area contributed by atoms with Crippen LogP contribution >= 0.6 is 0 Å². The highest BCUT2D eigenvalue weighted by atomic mass is 19.1. The number of rotatable bonds is 9. The number of anilines is 1. The van der Waals surface area contributed by atoms with E-state index in [0.717, 1.165) is 5.56 Å². The lowest BCUT2D eigenvalue weighted by Gasteiger charge is -2.26. The molecule has 0 aliphatic carbocycles. The van der Waals surface area contributed by atoms with Crippen molar-refractivity contribution >= 4 is 17.5 Å². The van der Waals surface area contributed by atoms with Crippen molar-refractivity contribution in [3.05, 3.63) is 69.8 Å². The molecular weight excluding hydrogens is 386 g/mol. The molecule has 8 nitrogen and oxygen atoms in total. The molecule has 0 aliphatic rings. The van der Waals surface area contributed by atoms with Crippen LogP contribution in [0.4, 0.5) is 25.0 Å². The normalized spacial score (nSPS) is 10.5. The Kier molecular flexibility index (Phi) is 7.84. The van der Waals surface area contributed by atoms with Gasteiger partial charge in [-0.2, -0.15) is 0 Å². The molecule has 2 rings (SSSR count). The average Bonchev–Trinajstić information content (AvgIpc) is 2.70. The van der Waals surface area contributed by atoms with Gasteiger partial charge in [0.2, 0.25) is 0 Å². The minimum absolute atomic E-state index is 0.137. The molecular formula is C19H22F2N4O4. The molecule has 2 aromatic rings. The van der Waals surface area contributed by atoms with Gasteiger partial charge >= 0.3 is 6.09 Å². The maximum atomic E-state index is 14.2. The molecule has 0 spiro atoms. The second kappa shape index (κ2) is 10.3. The van der Waals surface area contributed by atoms with Crippen LogP contribution in [0.2, 0.25) is 0 Å². The lowest BCUT2D eigenvalue weighted by atomic mass is 10.2. The first-order valence-electron chi connectivity index (χ1n) is 8.89. The van der Waals surface area contributed by atoms with Gasteiger partial charge in [0.15, 0.2) is 11.6 Å². The molecule has 0 heterocycles. The number of hydrazine groups is 1. The Bertz CT molecular complexity index is 828. The highest BCUT2D eigenvalue weighted by molar-refractivity contribution is 5.67. The van der Waals surface area contributed by atoms with Gasteiger partial charge in [-0.25, -0.2) is 19.0 Å². The molecule has 29 heavy (non-hydrogen) atoms. The number of non-ortho nitro benzene ring substituents is 1. The first-order chi connectivity index (χ1) is 13.8. The minimum atomic E-state index is -1.05. The van der Waals surface area contributed by atoms with Crippen molar-refractivity contribution in [2.75, 3.05) is 31.7 Å². The van der Waals surface area contributed by atoms with E-state index in [1.165, 1.54) is 9.91 Å². The third-order valence-electron chi connectivity index (χ3n) is 4.07. The van der Waals surface area contributed by atoms with Crippen LogP contribution in [0.5, 0.6) is 0 Å². The summed E-state index contributed by atoms with van der Waals surface area (Å²) in [6.45, 7) is 2.37. The first kappa shape index (κ1) is 22.0. The summed E-state index contributed by atoms with van der Waals surface area (Å²) in [4.78, 5) is 23.2. The van der Waals surface area contributed by atoms with E-state index in [4.69, 9.17) is 4.74 Å². The van der Waals surface area contributed by atoms with Crippen LogP contribution in [0.1, 0.15) is 12.5 Å². The zero-order chi connectivity index (χ0) is 21.4. The summed E-state index contributed by atoms with van der Waals surface area (Å²) in [6.07, 6.45) is -0.536. The van der Waals surface area contributed by atoms with Crippen LogP contribution in [0, 0.1) is 21.7 Å². The van der Waals surface area contributed by atoms with Crippen LogP contribution < -0.4 is 10.4 Å². The molecule has 0 unspecified atom stereocenters. The largest absolute Gasteiger partial charge is 0.445 e. The molecule has 0 radical (unpaired) electrons. The number of carbonyl (C=O) groups excluding carboxylic acids is 1. The Morgan fingerprint density at radius 2 is 1.83 bits per heavy atom. The lowest BCUT2D eigenvalue weighted by molar-refractivity contribution is -0.385. The fraction of sp³-hybridized carbons (Fsp3) is 0.316. The monoisotopic (exact) mass is 408 g/mol. The van der Waals surface area contributed by atoms with Gasteiger partial charge in [-0.05, 0) is 12.5 Å². The second-order valence-electron chi connectivity index (χ2n) is 6.13. The highest BCUT2D eigenvalue weighted by Crippen LogP contribution is 2.27. The first-order valence-corrected chi connectivity index (χ1v) is 8.89. The zero-order valence-corrected chi connectivity index (χ0v) is 16.1. The van der Waals surface area contributed by atoms with E-state index in [0.29, 0.717) is 12.1 Å². The Hall–Kier alpha value is -3.27. The van der Waals surface area contributed by atoms with E-state index in [1.807, 2.05) is 30.3 Å². The average molecular weight is 408 g/mol. The predicted molar refractivity (Wildman–Crippen MR) is 103 cm³/mol. The van der Waals surface area contributed by atoms with E-state index in [1.54, 1.807) is 14.0 Å². The molecule has 0 aromatic heterocycles. The summed E-state index contributed by atoms with van der Waals surface area (Å²) in [6, 6.07) is 10.5. The number of nitrogens with one attached hydrogen (secondary N) is 1. The molecule has 0 aliphatic heterocycles. The number of nitro benzene ring substituents is 1. The van der Waals surface area contributed by atoms with Crippen molar-refractivity contribution in [3.63, 3.8) is 0 Å². The van der Waals surface area contributed by atoms with Crippen LogP contribution in [0.3, 0.4) is 0 Å². The molecule has 0 bridgehead atoms. The summed E-state index contributed by atoms with van der Waals surface area (Å²) in [5.74, 6) is -2.11. The third-order valence-corrected chi connectivity index (χ3v) is 4.07. The Morgan fingerprint density at radius 1 is 1.21 bits per heavy atom. The number of nitro groups is 1. The summed E-state index contributed by atoms with van der Waals surface area (Å²) in [5, 5.41) is 11.9. The molecule has 0 saturated heterocycles. The lowest BCUT2D eigenvalue weighted by Crippen LogP contribution is -2.44. The van der Waals surface area contributed by atoms with Gasteiger partial charge in [-0.3, -0.25) is 10.1 Å². The number of carbonyl (C=O) groups is 1. The Balaban J connectivity index is 1.89. The molecule has 1 amide bonds. The number of ether oxygens (including phenoxy) is 1. The van der Waals surface area contributed by atoms with E-state index in [2.05, 4.69) is 5.43 Å². The molecule has 10 heteroatoms. The molecule has 156 valence electrons. The van der Waals surface area contributed by atoms with Gasteiger partial charge < -0.3 is 14.6 Å². The summed E-state index contributed by atoms with van der Waals surface area (Å²) in [7, 11) is 1.54. The number of likely N-dealkylation sites (N-methyl/N-ethyl adjacent to an activating group) is 1. The number of halogens is 2. The smallest absolute Gasteiger partial charge is 0.409 e. The standard InChI is InChI=1S/C19H22F2N4O4/c1-3-24(18-16(20)11-15(25(27)28)12-17(18)21)22-9-10-23(2)19(26)29-13-14-7-5-4-6-8-14/h4-8,11-12,22H,3,9-10,13H2,1-2H3. The molecule has 2 aromatic carbocycles. The Morgan fingerprint density at radius 3 is 2.38 bits per heavy atom. The summed E-state index contributed by atoms with van der Waals surface area (Å²) < 4.78 is 33.5. The molecule has 0 saturated carbocycles. The maximum Gasteiger partial charge on any atom is 0.409 e. The minimum Gasteiger partial charge on any atom is -0.445 e. The van der Waals surface area contributed by atoms with Crippen molar-refractivity contribution in [1.82, 2.24) is 10.3 Å². The number of hydrogen-bond acceptors (Lipinski definition) is 6. The van der Waals surface area contributed by atoms with E-state index < -0.39 is 34.0 Å². The van der Waals surface area contributed by atoms with Gasteiger partial charge in [0, 0.05) is 26.7 Å². The summed E-state index contributed by atoms with van der Waals surface area (Å²) in [5.41, 5.74) is 2.58. The van der Waals surface area contributed by atoms with Crippen molar-refractivity contribution in [2.45, 2.75) is 13.5 Å². The van der Waals surface area contributed by atoms with Crippen molar-refractivity contribution in [1.29, 1.82) is 0 Å². The highest BCUT2D eigenvalue weighted by Gasteiger charge is 2.21. The van der Waals surface area contributed by atoms with E-state index in [-0.39, 0.29) is 26.2 Å².